The van der Waals surface area contributed by atoms with Crippen molar-refractivity contribution in [3.05, 3.63) is 29.8 Å². The van der Waals surface area contributed by atoms with E-state index in [2.05, 4.69) is 23.2 Å². The molecule has 0 radical (unpaired) electrons. The van der Waals surface area contributed by atoms with E-state index in [1.165, 1.54) is 31.5 Å². The molecule has 0 bridgehead atoms. The van der Waals surface area contributed by atoms with Crippen LogP contribution in [0.4, 0.5) is 0 Å². The molecule has 1 N–H and O–H groups in total. The number of amides is 1. The second-order valence-corrected chi connectivity index (χ2v) is 7.01. The van der Waals surface area contributed by atoms with Crippen LogP contribution in [0, 0.1) is 11.8 Å². The Morgan fingerprint density at radius 1 is 1.30 bits per heavy atom. The molecule has 0 unspecified atom stereocenters. The van der Waals surface area contributed by atoms with Gasteiger partial charge in [-0.05, 0) is 55.8 Å². The van der Waals surface area contributed by atoms with Crippen LogP contribution in [0.2, 0.25) is 0 Å². The van der Waals surface area contributed by atoms with Crippen molar-refractivity contribution in [2.75, 3.05) is 33.3 Å². The zero-order valence-electron chi connectivity index (χ0n) is 14.3. The second kappa shape index (κ2) is 7.35. The number of nitrogens with zero attached hydrogens (tertiary/aromatic N) is 1. The van der Waals surface area contributed by atoms with Crippen LogP contribution < -0.4 is 10.1 Å². The molecule has 3 rings (SSSR count). The highest BCUT2D eigenvalue weighted by Crippen LogP contribution is 2.50. The van der Waals surface area contributed by atoms with Crippen molar-refractivity contribution in [2.24, 2.45) is 11.8 Å². The van der Waals surface area contributed by atoms with Gasteiger partial charge >= 0.3 is 0 Å². The number of methoxy groups -OCH3 is 1. The van der Waals surface area contributed by atoms with Crippen molar-refractivity contribution in [1.82, 2.24) is 10.2 Å². The number of hydrogen-bond acceptors (Lipinski definition) is 3. The SMILES string of the molecule is COc1ccccc1[C@@H]1C[C@@H]1C(=O)NCCN1CCC(C)CC1. The molecule has 1 heterocycles. The summed E-state index contributed by atoms with van der Waals surface area (Å²) in [6.45, 7) is 6.41. The minimum absolute atomic E-state index is 0.118. The van der Waals surface area contributed by atoms with Crippen LogP contribution in [0.3, 0.4) is 0 Å². The van der Waals surface area contributed by atoms with Gasteiger partial charge < -0.3 is 15.0 Å². The van der Waals surface area contributed by atoms with Crippen molar-refractivity contribution >= 4 is 5.91 Å². The van der Waals surface area contributed by atoms with E-state index in [1.54, 1.807) is 7.11 Å². The number of nitrogens with one attached hydrogen (secondary N) is 1. The average molecular weight is 316 g/mol. The molecule has 126 valence electrons. The first-order valence-corrected chi connectivity index (χ1v) is 8.82. The van der Waals surface area contributed by atoms with Crippen molar-refractivity contribution in [2.45, 2.75) is 32.1 Å². The van der Waals surface area contributed by atoms with Gasteiger partial charge in [0.25, 0.3) is 0 Å². The summed E-state index contributed by atoms with van der Waals surface area (Å²) < 4.78 is 5.41. The zero-order valence-corrected chi connectivity index (χ0v) is 14.3. The molecular weight excluding hydrogens is 288 g/mol. The normalized spacial score (nSPS) is 25.1. The molecule has 0 spiro atoms. The fraction of sp³-hybridized carbons (Fsp3) is 0.632. The largest absolute Gasteiger partial charge is 0.496 e. The molecule has 4 nitrogen and oxygen atoms in total. The monoisotopic (exact) mass is 316 g/mol. The van der Waals surface area contributed by atoms with Crippen LogP contribution in [0.5, 0.6) is 5.75 Å². The lowest BCUT2D eigenvalue weighted by molar-refractivity contribution is -0.122. The molecule has 2 atom stereocenters. The predicted molar refractivity (Wildman–Crippen MR) is 91.7 cm³/mol. The van der Waals surface area contributed by atoms with E-state index < -0.39 is 0 Å². The number of para-hydroxylation sites is 1. The molecule has 1 amide bonds. The highest BCUT2D eigenvalue weighted by atomic mass is 16.5. The molecule has 1 aromatic carbocycles. The van der Waals surface area contributed by atoms with E-state index in [0.717, 1.165) is 31.2 Å². The number of rotatable bonds is 6. The molecular formula is C19H28N2O2. The molecule has 2 fully saturated rings. The molecule has 1 aliphatic carbocycles. The fourth-order valence-electron chi connectivity index (χ4n) is 3.56. The number of ether oxygens (including phenoxy) is 1. The van der Waals surface area contributed by atoms with E-state index in [1.807, 2.05) is 18.2 Å². The third-order valence-electron chi connectivity index (χ3n) is 5.27. The topological polar surface area (TPSA) is 41.6 Å². The predicted octanol–water partition coefficient (Wildman–Crippen LogP) is 2.65. The summed E-state index contributed by atoms with van der Waals surface area (Å²) in [7, 11) is 1.69. The number of hydrogen-bond donors (Lipinski definition) is 1. The maximum Gasteiger partial charge on any atom is 0.223 e. The lowest BCUT2D eigenvalue weighted by atomic mass is 9.99. The first-order chi connectivity index (χ1) is 11.2. The van der Waals surface area contributed by atoms with Crippen LogP contribution in [0.15, 0.2) is 24.3 Å². The van der Waals surface area contributed by atoms with Crippen molar-refractivity contribution < 1.29 is 9.53 Å². The quantitative estimate of drug-likeness (QED) is 0.877. The highest BCUT2D eigenvalue weighted by molar-refractivity contribution is 5.83. The van der Waals surface area contributed by atoms with Crippen molar-refractivity contribution in [3.63, 3.8) is 0 Å². The molecule has 4 heteroatoms. The number of benzene rings is 1. The molecule has 1 saturated carbocycles. The first kappa shape index (κ1) is 16.3. The lowest BCUT2D eigenvalue weighted by Gasteiger charge is -2.30. The molecule has 1 saturated heterocycles. The summed E-state index contributed by atoms with van der Waals surface area (Å²) in [6.07, 6.45) is 3.51. The molecule has 0 aromatic heterocycles. The third-order valence-corrected chi connectivity index (χ3v) is 5.27. The van der Waals surface area contributed by atoms with Crippen LogP contribution in [-0.2, 0) is 4.79 Å². The van der Waals surface area contributed by atoms with Gasteiger partial charge in [-0.25, -0.2) is 0 Å². The van der Waals surface area contributed by atoms with Gasteiger partial charge in [0, 0.05) is 19.0 Å². The lowest BCUT2D eigenvalue weighted by Crippen LogP contribution is -2.39. The summed E-state index contributed by atoms with van der Waals surface area (Å²) in [5.41, 5.74) is 1.17. The second-order valence-electron chi connectivity index (χ2n) is 7.01. The third kappa shape index (κ3) is 4.05. The number of piperidine rings is 1. The molecule has 1 aromatic rings. The number of carbonyl (C=O) groups is 1. The first-order valence-electron chi connectivity index (χ1n) is 8.82. The van der Waals surface area contributed by atoms with Crippen molar-refractivity contribution in [1.29, 1.82) is 0 Å². The number of carbonyl (C=O) groups excluding carboxylic acids is 1. The minimum atomic E-state index is 0.118. The molecule has 2 aliphatic rings. The molecule has 23 heavy (non-hydrogen) atoms. The Hall–Kier alpha value is -1.55. The van der Waals surface area contributed by atoms with Gasteiger partial charge in [0.2, 0.25) is 5.91 Å². The standard InChI is InChI=1S/C19H28N2O2/c1-14-7-10-21(11-8-14)12-9-20-19(22)17-13-16(17)15-5-3-4-6-18(15)23-2/h3-6,14,16-17H,7-13H2,1-2H3,(H,20,22)/t16-,17-/m0/s1. The minimum Gasteiger partial charge on any atom is -0.496 e. The van der Waals surface area contributed by atoms with E-state index in [-0.39, 0.29) is 11.8 Å². The Kier molecular flexibility index (Phi) is 5.21. The van der Waals surface area contributed by atoms with E-state index in [4.69, 9.17) is 4.74 Å². The summed E-state index contributed by atoms with van der Waals surface area (Å²) in [4.78, 5) is 14.8. The van der Waals surface area contributed by atoms with E-state index in [0.29, 0.717) is 5.92 Å². The highest BCUT2D eigenvalue weighted by Gasteiger charge is 2.45. The smallest absolute Gasteiger partial charge is 0.223 e. The Balaban J connectivity index is 1.42. The maximum absolute atomic E-state index is 12.3. The Morgan fingerprint density at radius 3 is 2.78 bits per heavy atom. The van der Waals surface area contributed by atoms with Crippen LogP contribution in [0.25, 0.3) is 0 Å². The summed E-state index contributed by atoms with van der Waals surface area (Å²) in [6, 6.07) is 8.04. The van der Waals surface area contributed by atoms with Gasteiger partial charge in [0.05, 0.1) is 7.11 Å². The van der Waals surface area contributed by atoms with Gasteiger partial charge in [-0.1, -0.05) is 25.1 Å². The summed E-state index contributed by atoms with van der Waals surface area (Å²) >= 11 is 0. The number of likely N-dealkylation sites (tertiary alicyclic amines) is 1. The van der Waals surface area contributed by atoms with Gasteiger partial charge in [-0.3, -0.25) is 4.79 Å². The summed E-state index contributed by atoms with van der Waals surface area (Å²) in [5.74, 6) is 2.39. The van der Waals surface area contributed by atoms with Gasteiger partial charge in [0.15, 0.2) is 0 Å². The van der Waals surface area contributed by atoms with Crippen molar-refractivity contribution in [3.8, 4) is 5.75 Å². The van der Waals surface area contributed by atoms with E-state index >= 15 is 0 Å². The molecule has 1 aliphatic heterocycles. The summed E-state index contributed by atoms with van der Waals surface area (Å²) in [5, 5.41) is 3.12. The van der Waals surface area contributed by atoms with Gasteiger partial charge in [-0.15, -0.1) is 0 Å². The van der Waals surface area contributed by atoms with Crippen LogP contribution in [0.1, 0.15) is 37.7 Å². The fourth-order valence-corrected chi connectivity index (χ4v) is 3.56. The maximum atomic E-state index is 12.3. The van der Waals surface area contributed by atoms with Gasteiger partial charge in [0.1, 0.15) is 5.75 Å². The van der Waals surface area contributed by atoms with Crippen LogP contribution in [-0.4, -0.2) is 44.1 Å². The van der Waals surface area contributed by atoms with E-state index in [9.17, 15) is 4.79 Å². The van der Waals surface area contributed by atoms with Gasteiger partial charge in [-0.2, -0.15) is 0 Å². The Morgan fingerprint density at radius 2 is 2.04 bits per heavy atom. The Labute approximate surface area is 139 Å². The Bertz CT molecular complexity index is 538. The van der Waals surface area contributed by atoms with Crippen LogP contribution >= 0.6 is 0 Å². The average Bonchev–Trinajstić information content (AvgIpc) is 3.37. The zero-order chi connectivity index (χ0) is 16.2.